The molecule has 130 valence electrons. The van der Waals surface area contributed by atoms with Gasteiger partial charge in [-0.15, -0.1) is 0 Å². The van der Waals surface area contributed by atoms with E-state index in [1.54, 1.807) is 0 Å². The molecule has 0 heterocycles. The van der Waals surface area contributed by atoms with E-state index in [9.17, 15) is 0 Å². The van der Waals surface area contributed by atoms with Gasteiger partial charge in [-0.1, -0.05) is 135 Å². The predicted molar refractivity (Wildman–Crippen MR) is 104 cm³/mol. The summed E-state index contributed by atoms with van der Waals surface area (Å²) < 4.78 is 0. The minimum absolute atomic E-state index is 0.472. The molecule has 1 heteroatoms. The fourth-order valence-corrected chi connectivity index (χ4v) is 3.23. The van der Waals surface area contributed by atoms with Crippen molar-refractivity contribution in [1.29, 1.82) is 0 Å². The predicted octanol–water partition coefficient (Wildman–Crippen LogP) is 8.01. The van der Waals surface area contributed by atoms with Crippen LogP contribution in [0.25, 0.3) is 0 Å². The van der Waals surface area contributed by atoms with E-state index in [0.29, 0.717) is 5.82 Å². The van der Waals surface area contributed by atoms with Gasteiger partial charge in [-0.2, -0.15) is 0 Å². The average Bonchev–Trinajstić information content (AvgIpc) is 2.52. The highest BCUT2D eigenvalue weighted by atomic mass is 14.0. The molecule has 0 aromatic heterocycles. The van der Waals surface area contributed by atoms with E-state index in [0.717, 1.165) is 0 Å². The van der Waals surface area contributed by atoms with E-state index in [-0.39, 0.29) is 0 Å². The summed E-state index contributed by atoms with van der Waals surface area (Å²) in [6.45, 7) is 4.57. The average molecular weight is 306 g/mol. The summed E-state index contributed by atoms with van der Waals surface area (Å²) in [6.07, 6.45) is 25.1. The van der Waals surface area contributed by atoms with Gasteiger partial charge in [0.15, 0.2) is 0 Å². The van der Waals surface area contributed by atoms with Crippen molar-refractivity contribution in [2.45, 2.75) is 135 Å². The molecule has 0 aromatic rings. The molecule has 0 nitrogen and oxygen atoms in total. The van der Waals surface area contributed by atoms with Crippen LogP contribution in [0.4, 0.5) is 0 Å². The molecule has 0 amide bonds. The minimum Gasteiger partial charge on any atom is -0.0774 e. The normalized spacial score (nSPS) is 12.6. The maximum Gasteiger partial charge on any atom is 0.0699 e. The molecule has 22 heavy (non-hydrogen) atoms. The molecular formula is C21H43B. The molecule has 0 saturated heterocycles. The first-order chi connectivity index (χ1) is 10.8. The van der Waals surface area contributed by atoms with Gasteiger partial charge in [-0.05, 0) is 0 Å². The van der Waals surface area contributed by atoms with Crippen LogP contribution in [0.1, 0.15) is 129 Å². The van der Waals surface area contributed by atoms with Gasteiger partial charge in [-0.25, -0.2) is 0 Å². The molecule has 1 unspecified atom stereocenters. The van der Waals surface area contributed by atoms with Crippen LogP contribution in [0, 0.1) is 0 Å². The van der Waals surface area contributed by atoms with E-state index in [1.165, 1.54) is 116 Å². The van der Waals surface area contributed by atoms with Gasteiger partial charge in [0.2, 0.25) is 0 Å². The molecule has 0 aromatic carbocycles. The first-order valence-electron chi connectivity index (χ1n) is 10.6. The van der Waals surface area contributed by atoms with Gasteiger partial charge in [0.25, 0.3) is 0 Å². The molecule has 0 spiro atoms. The molecule has 0 saturated carbocycles. The van der Waals surface area contributed by atoms with Crippen LogP contribution in [0.3, 0.4) is 0 Å². The molecule has 0 rings (SSSR count). The first kappa shape index (κ1) is 22.1. The van der Waals surface area contributed by atoms with E-state index in [4.69, 9.17) is 7.85 Å². The first-order valence-corrected chi connectivity index (χ1v) is 10.6. The zero-order valence-corrected chi connectivity index (χ0v) is 15.9. The molecule has 0 fully saturated rings. The van der Waals surface area contributed by atoms with Crippen molar-refractivity contribution >= 4 is 7.85 Å². The highest BCUT2D eigenvalue weighted by molar-refractivity contribution is 6.11. The number of rotatable bonds is 18. The van der Waals surface area contributed by atoms with E-state index >= 15 is 0 Å². The monoisotopic (exact) mass is 306 g/mol. The molecule has 0 aliphatic carbocycles. The summed E-state index contributed by atoms with van der Waals surface area (Å²) in [6, 6.07) is 0. The summed E-state index contributed by atoms with van der Waals surface area (Å²) in [7, 11) is 6.22. The Morgan fingerprint density at radius 1 is 0.455 bits per heavy atom. The van der Waals surface area contributed by atoms with E-state index in [1.807, 2.05) is 0 Å². The Labute approximate surface area is 143 Å². The molecule has 1 atom stereocenters. The van der Waals surface area contributed by atoms with E-state index < -0.39 is 0 Å². The Balaban J connectivity index is 3.10. The van der Waals surface area contributed by atoms with Gasteiger partial charge < -0.3 is 0 Å². The smallest absolute Gasteiger partial charge is 0.0699 e. The lowest BCUT2D eigenvalue weighted by molar-refractivity contribution is 0.524. The molecule has 2 radical (unpaired) electrons. The van der Waals surface area contributed by atoms with Crippen LogP contribution in [-0.4, -0.2) is 7.85 Å². The van der Waals surface area contributed by atoms with Crippen LogP contribution in [-0.2, 0) is 0 Å². The van der Waals surface area contributed by atoms with Crippen molar-refractivity contribution in [2.24, 2.45) is 0 Å². The Hall–Kier alpha value is 0.0649. The Morgan fingerprint density at radius 2 is 0.727 bits per heavy atom. The lowest BCUT2D eigenvalue weighted by atomic mass is 9.79. The van der Waals surface area contributed by atoms with Crippen molar-refractivity contribution in [3.05, 3.63) is 0 Å². The Bertz CT molecular complexity index is 190. The van der Waals surface area contributed by atoms with Crippen molar-refractivity contribution < 1.29 is 0 Å². The van der Waals surface area contributed by atoms with Gasteiger partial charge >= 0.3 is 0 Å². The third-order valence-electron chi connectivity index (χ3n) is 4.86. The molecule has 0 aliphatic rings. The lowest BCUT2D eigenvalue weighted by Gasteiger charge is -2.11. The second-order valence-electron chi connectivity index (χ2n) is 7.29. The molecule has 0 N–H and O–H groups in total. The lowest BCUT2D eigenvalue weighted by Crippen LogP contribution is -1.93. The van der Waals surface area contributed by atoms with Crippen molar-refractivity contribution in [3.63, 3.8) is 0 Å². The molecule has 0 aliphatic heterocycles. The fraction of sp³-hybridized carbons (Fsp3) is 1.00. The van der Waals surface area contributed by atoms with Gasteiger partial charge in [-0.3, -0.25) is 0 Å². The standard InChI is InChI=1S/C21H43B/c1-3-5-7-9-11-12-13-14-16-18-20-21(22)19-17-15-10-8-6-4-2/h21H,3-20H2,1-2H3. The second kappa shape index (κ2) is 19.1. The molecule has 0 bridgehead atoms. The van der Waals surface area contributed by atoms with Crippen molar-refractivity contribution in [2.75, 3.05) is 0 Å². The summed E-state index contributed by atoms with van der Waals surface area (Å²) in [5.74, 6) is 0.472. The second-order valence-corrected chi connectivity index (χ2v) is 7.29. The van der Waals surface area contributed by atoms with Gasteiger partial charge in [0, 0.05) is 0 Å². The minimum atomic E-state index is 0.472. The number of unbranched alkanes of at least 4 members (excludes halogenated alkanes) is 14. The topological polar surface area (TPSA) is 0 Å². The summed E-state index contributed by atoms with van der Waals surface area (Å²) in [5.41, 5.74) is 0. The Morgan fingerprint density at radius 3 is 1.05 bits per heavy atom. The zero-order chi connectivity index (χ0) is 16.3. The summed E-state index contributed by atoms with van der Waals surface area (Å²) in [4.78, 5) is 0. The van der Waals surface area contributed by atoms with E-state index in [2.05, 4.69) is 13.8 Å². The fourth-order valence-electron chi connectivity index (χ4n) is 3.23. The SMILES string of the molecule is [B]C(CCCCCCCC)CCCCCCCCCCCC. The quantitative estimate of drug-likeness (QED) is 0.178. The Kier molecular flexibility index (Phi) is 19.2. The van der Waals surface area contributed by atoms with Gasteiger partial charge in [0.1, 0.15) is 0 Å². The largest absolute Gasteiger partial charge is 0.0774 e. The van der Waals surface area contributed by atoms with Gasteiger partial charge in [0.05, 0.1) is 7.85 Å². The van der Waals surface area contributed by atoms with Crippen LogP contribution in [0.2, 0.25) is 5.82 Å². The highest BCUT2D eigenvalue weighted by Gasteiger charge is 2.01. The molecular weight excluding hydrogens is 263 g/mol. The highest BCUT2D eigenvalue weighted by Crippen LogP contribution is 2.21. The van der Waals surface area contributed by atoms with Crippen molar-refractivity contribution in [3.8, 4) is 0 Å². The number of hydrogen-bond acceptors (Lipinski definition) is 0. The summed E-state index contributed by atoms with van der Waals surface area (Å²) >= 11 is 0. The zero-order valence-electron chi connectivity index (χ0n) is 15.9. The third-order valence-corrected chi connectivity index (χ3v) is 4.86. The van der Waals surface area contributed by atoms with Crippen LogP contribution < -0.4 is 0 Å². The summed E-state index contributed by atoms with van der Waals surface area (Å²) in [5, 5.41) is 0. The van der Waals surface area contributed by atoms with Crippen LogP contribution >= 0.6 is 0 Å². The van der Waals surface area contributed by atoms with Crippen LogP contribution in [0.5, 0.6) is 0 Å². The maximum atomic E-state index is 6.22. The number of hydrogen-bond donors (Lipinski definition) is 0. The third kappa shape index (κ3) is 18.1. The van der Waals surface area contributed by atoms with Crippen LogP contribution in [0.15, 0.2) is 0 Å². The van der Waals surface area contributed by atoms with Crippen molar-refractivity contribution in [1.82, 2.24) is 0 Å². The maximum absolute atomic E-state index is 6.22.